The van der Waals surface area contributed by atoms with Crippen LogP contribution in [0.3, 0.4) is 0 Å². The molecule has 1 aromatic carbocycles. The van der Waals surface area contributed by atoms with Gasteiger partial charge in [0.2, 0.25) is 0 Å². The fraction of sp³-hybridized carbons (Fsp3) is 0.250. The molecule has 0 saturated heterocycles. The molecule has 0 aliphatic carbocycles. The molecule has 0 aliphatic heterocycles. The van der Waals surface area contributed by atoms with Gasteiger partial charge in [-0.15, -0.1) is 5.10 Å². The maximum absolute atomic E-state index is 6.06. The van der Waals surface area contributed by atoms with Gasteiger partial charge in [-0.05, 0) is 43.7 Å². The standard InChI is InChI=1S/C16H17ClN6O2/c1-10-8-12(17)4-5-14(10)25-11(2)13-6-7-18-16-21-15(22-23(13)16)19-9-20-24-3/h4-9,11H,1-3H3,(H,19,20,22)/t11-/m0/s1. The maximum atomic E-state index is 6.06. The number of fused-ring (bicyclic) bond motifs is 1. The average Bonchev–Trinajstić information content (AvgIpc) is 3.00. The van der Waals surface area contributed by atoms with Crippen LogP contribution in [0.15, 0.2) is 35.5 Å². The predicted molar refractivity (Wildman–Crippen MR) is 94.3 cm³/mol. The van der Waals surface area contributed by atoms with Gasteiger partial charge in [0.1, 0.15) is 18.2 Å². The number of aryl methyl sites for hydroxylation is 1. The summed E-state index contributed by atoms with van der Waals surface area (Å²) in [6.07, 6.45) is 2.74. The minimum Gasteiger partial charge on any atom is -0.484 e. The second-order valence-corrected chi connectivity index (χ2v) is 5.68. The molecular formula is C16H17ClN6O2. The Morgan fingerprint density at radius 2 is 2.20 bits per heavy atom. The third-order valence-electron chi connectivity index (χ3n) is 3.47. The van der Waals surface area contributed by atoms with Gasteiger partial charge < -0.3 is 4.74 Å². The Hall–Kier alpha value is -2.71. The fourth-order valence-corrected chi connectivity index (χ4v) is 2.52. The van der Waals surface area contributed by atoms with E-state index in [1.807, 2.05) is 32.0 Å². The Bertz CT molecular complexity index is 911. The van der Waals surface area contributed by atoms with E-state index in [4.69, 9.17) is 16.3 Å². The minimum atomic E-state index is -0.277. The zero-order valence-corrected chi connectivity index (χ0v) is 14.7. The Labute approximate surface area is 149 Å². The molecule has 3 rings (SSSR count). The van der Waals surface area contributed by atoms with Gasteiger partial charge in [0, 0.05) is 11.2 Å². The van der Waals surface area contributed by atoms with E-state index in [-0.39, 0.29) is 12.1 Å². The van der Waals surface area contributed by atoms with Crippen molar-refractivity contribution in [2.75, 3.05) is 7.11 Å². The number of benzene rings is 1. The van der Waals surface area contributed by atoms with Crippen LogP contribution in [0.2, 0.25) is 5.02 Å². The van der Waals surface area contributed by atoms with Gasteiger partial charge in [-0.1, -0.05) is 11.6 Å². The van der Waals surface area contributed by atoms with Gasteiger partial charge >= 0.3 is 0 Å². The summed E-state index contributed by atoms with van der Waals surface area (Å²) in [6.45, 7) is 3.88. The number of hydrogen-bond acceptors (Lipinski definition) is 6. The molecule has 0 bridgehead atoms. The highest BCUT2D eigenvalue weighted by Crippen LogP contribution is 2.27. The molecule has 0 saturated carbocycles. The van der Waals surface area contributed by atoms with Crippen molar-refractivity contribution in [3.63, 3.8) is 0 Å². The number of halogens is 1. The van der Waals surface area contributed by atoms with E-state index in [1.165, 1.54) is 13.4 Å². The van der Waals surface area contributed by atoms with Gasteiger partial charge in [-0.2, -0.15) is 14.5 Å². The molecule has 0 aliphatic rings. The zero-order chi connectivity index (χ0) is 17.8. The van der Waals surface area contributed by atoms with Gasteiger partial charge in [0.05, 0.1) is 12.8 Å². The van der Waals surface area contributed by atoms with Crippen molar-refractivity contribution >= 4 is 29.7 Å². The van der Waals surface area contributed by atoms with Crippen molar-refractivity contribution in [1.82, 2.24) is 25.1 Å². The maximum Gasteiger partial charge on any atom is 0.272 e. The van der Waals surface area contributed by atoms with Crippen LogP contribution < -0.4 is 10.2 Å². The van der Waals surface area contributed by atoms with E-state index in [0.29, 0.717) is 10.8 Å². The minimum absolute atomic E-state index is 0.263. The lowest BCUT2D eigenvalue weighted by Crippen LogP contribution is -2.10. The Kier molecular flexibility index (Phi) is 5.11. The zero-order valence-electron chi connectivity index (χ0n) is 14.0. The van der Waals surface area contributed by atoms with Crippen molar-refractivity contribution in [2.45, 2.75) is 20.0 Å². The van der Waals surface area contributed by atoms with Crippen molar-refractivity contribution in [2.24, 2.45) is 4.99 Å². The number of ether oxygens (including phenoxy) is 1. The van der Waals surface area contributed by atoms with Crippen LogP contribution in [0.5, 0.6) is 5.75 Å². The molecule has 1 atom stereocenters. The average molecular weight is 361 g/mol. The van der Waals surface area contributed by atoms with Crippen LogP contribution in [0.1, 0.15) is 24.3 Å². The number of aliphatic imine (C=N–C) groups is 1. The molecule has 0 unspecified atom stereocenters. The summed E-state index contributed by atoms with van der Waals surface area (Å²) in [4.78, 5) is 17.2. The second kappa shape index (κ2) is 7.45. The summed E-state index contributed by atoms with van der Waals surface area (Å²) in [5, 5.41) is 5.01. The smallest absolute Gasteiger partial charge is 0.272 e. The summed E-state index contributed by atoms with van der Waals surface area (Å²) in [7, 11) is 1.49. The normalized spacial score (nSPS) is 12.6. The van der Waals surface area contributed by atoms with E-state index in [9.17, 15) is 0 Å². The van der Waals surface area contributed by atoms with Gasteiger partial charge in [0.15, 0.2) is 0 Å². The third kappa shape index (κ3) is 3.86. The molecular weight excluding hydrogens is 344 g/mol. The number of hydrogen-bond donors (Lipinski definition) is 1. The molecule has 3 aromatic rings. The summed E-state index contributed by atoms with van der Waals surface area (Å²) < 4.78 is 7.66. The SMILES string of the molecule is CONC=Nc1nc2nccc([C@H](C)Oc3ccc(Cl)cc3C)n2n1. The van der Waals surface area contributed by atoms with Gasteiger partial charge in [-0.25, -0.2) is 4.98 Å². The number of rotatable bonds is 6. The van der Waals surface area contributed by atoms with E-state index in [1.54, 1.807) is 16.8 Å². The van der Waals surface area contributed by atoms with Crippen molar-refractivity contribution in [3.05, 3.63) is 46.7 Å². The molecule has 130 valence electrons. The molecule has 9 heteroatoms. The number of hydroxylamine groups is 1. The van der Waals surface area contributed by atoms with Crippen LogP contribution in [-0.4, -0.2) is 33.0 Å². The Morgan fingerprint density at radius 1 is 1.36 bits per heavy atom. The summed E-state index contributed by atoms with van der Waals surface area (Å²) in [5.74, 6) is 1.45. The van der Waals surface area contributed by atoms with Crippen LogP contribution in [0, 0.1) is 6.92 Å². The quantitative estimate of drug-likeness (QED) is 0.413. The Morgan fingerprint density at radius 3 is 2.96 bits per heavy atom. The first-order valence-corrected chi connectivity index (χ1v) is 7.92. The molecule has 0 amide bonds. The lowest BCUT2D eigenvalue weighted by Gasteiger charge is -2.17. The van der Waals surface area contributed by atoms with Crippen LogP contribution in [-0.2, 0) is 4.84 Å². The molecule has 0 spiro atoms. The summed E-state index contributed by atoms with van der Waals surface area (Å²) >= 11 is 5.99. The number of nitrogens with zero attached hydrogens (tertiary/aromatic N) is 5. The third-order valence-corrected chi connectivity index (χ3v) is 3.70. The molecule has 2 heterocycles. The summed E-state index contributed by atoms with van der Waals surface area (Å²) in [6, 6.07) is 7.33. The first-order valence-electron chi connectivity index (χ1n) is 7.54. The lowest BCUT2D eigenvalue weighted by molar-refractivity contribution is 0.148. The van der Waals surface area contributed by atoms with E-state index >= 15 is 0 Å². The molecule has 0 fully saturated rings. The van der Waals surface area contributed by atoms with Crippen molar-refractivity contribution < 1.29 is 9.57 Å². The molecule has 25 heavy (non-hydrogen) atoms. The first-order chi connectivity index (χ1) is 12.1. The van der Waals surface area contributed by atoms with Gasteiger partial charge in [-0.3, -0.25) is 10.3 Å². The highest BCUT2D eigenvalue weighted by atomic mass is 35.5. The molecule has 2 aromatic heterocycles. The van der Waals surface area contributed by atoms with Crippen LogP contribution in [0.25, 0.3) is 5.78 Å². The fourth-order valence-electron chi connectivity index (χ4n) is 2.30. The highest BCUT2D eigenvalue weighted by molar-refractivity contribution is 6.30. The van der Waals surface area contributed by atoms with Gasteiger partial charge in [0.25, 0.3) is 11.7 Å². The Balaban J connectivity index is 1.89. The topological polar surface area (TPSA) is 85.9 Å². The summed E-state index contributed by atoms with van der Waals surface area (Å²) in [5.41, 5.74) is 4.24. The predicted octanol–water partition coefficient (Wildman–Crippen LogP) is 3.04. The molecule has 8 nitrogen and oxygen atoms in total. The lowest BCUT2D eigenvalue weighted by atomic mass is 10.2. The van der Waals surface area contributed by atoms with Crippen LogP contribution in [0.4, 0.5) is 5.95 Å². The monoisotopic (exact) mass is 360 g/mol. The number of nitrogens with one attached hydrogen (secondary N) is 1. The van der Waals surface area contributed by atoms with Crippen molar-refractivity contribution in [1.29, 1.82) is 0 Å². The van der Waals surface area contributed by atoms with Crippen molar-refractivity contribution in [3.8, 4) is 5.75 Å². The molecule has 0 radical (unpaired) electrons. The first kappa shape index (κ1) is 17.1. The number of aromatic nitrogens is 4. The second-order valence-electron chi connectivity index (χ2n) is 5.24. The largest absolute Gasteiger partial charge is 0.484 e. The molecule has 1 N–H and O–H groups in total. The van der Waals surface area contributed by atoms with E-state index < -0.39 is 0 Å². The highest BCUT2D eigenvalue weighted by Gasteiger charge is 2.15. The van der Waals surface area contributed by atoms with E-state index in [0.717, 1.165) is 17.0 Å². The van der Waals surface area contributed by atoms with Crippen LogP contribution >= 0.6 is 11.6 Å². The van der Waals surface area contributed by atoms with E-state index in [2.05, 4.69) is 30.4 Å².